The molecule has 132 valence electrons. The molecule has 25 heavy (non-hydrogen) atoms. The smallest absolute Gasteiger partial charge is 0.182 e. The Kier molecular flexibility index (Phi) is 5.94. The summed E-state index contributed by atoms with van der Waals surface area (Å²) in [6, 6.07) is 18.4. The molecule has 0 aliphatic carbocycles. The van der Waals surface area contributed by atoms with Gasteiger partial charge in [0.15, 0.2) is 5.78 Å². The van der Waals surface area contributed by atoms with E-state index in [1.165, 1.54) is 10.5 Å². The third-order valence-electron chi connectivity index (χ3n) is 4.72. The molecule has 0 spiro atoms. The zero-order chi connectivity index (χ0) is 17.7. The Balaban J connectivity index is 1.63. The molecule has 2 aromatic carbocycles. The Hall–Kier alpha value is -1.62. The van der Waals surface area contributed by atoms with E-state index in [0.29, 0.717) is 13.2 Å². The van der Waals surface area contributed by atoms with E-state index in [4.69, 9.17) is 4.74 Å². The second-order valence-electron chi connectivity index (χ2n) is 6.79. The number of ketones is 1. The van der Waals surface area contributed by atoms with Crippen LogP contribution in [0.15, 0.2) is 59.5 Å². The minimum atomic E-state index is -0.498. The van der Waals surface area contributed by atoms with Gasteiger partial charge in [0.1, 0.15) is 0 Å². The summed E-state index contributed by atoms with van der Waals surface area (Å²) >= 11 is 1.79. The first-order chi connectivity index (χ1) is 12.1. The molecule has 0 aromatic heterocycles. The minimum absolute atomic E-state index is 0.175. The van der Waals surface area contributed by atoms with Crippen molar-refractivity contribution in [1.29, 1.82) is 0 Å². The van der Waals surface area contributed by atoms with Crippen LogP contribution in [0.1, 0.15) is 29.8 Å². The van der Waals surface area contributed by atoms with E-state index in [0.717, 1.165) is 24.4 Å². The zero-order valence-corrected chi connectivity index (χ0v) is 15.7. The van der Waals surface area contributed by atoms with E-state index < -0.39 is 5.54 Å². The number of benzene rings is 2. The average molecular weight is 356 g/mol. The summed E-state index contributed by atoms with van der Waals surface area (Å²) in [6.45, 7) is 7.04. The fraction of sp³-hybridized carbons (Fsp3) is 0.381. The van der Waals surface area contributed by atoms with E-state index in [1.807, 2.05) is 32.0 Å². The van der Waals surface area contributed by atoms with Gasteiger partial charge in [-0.2, -0.15) is 0 Å². The first kappa shape index (κ1) is 18.2. The van der Waals surface area contributed by atoms with Crippen LogP contribution in [0.4, 0.5) is 0 Å². The van der Waals surface area contributed by atoms with Crippen molar-refractivity contribution in [3.05, 3.63) is 65.7 Å². The number of thioether (sulfide) groups is 1. The van der Waals surface area contributed by atoms with Crippen LogP contribution in [0.25, 0.3) is 0 Å². The molecule has 1 aliphatic heterocycles. The quantitative estimate of drug-likeness (QED) is 0.572. The maximum Gasteiger partial charge on any atom is 0.182 e. The molecule has 1 fully saturated rings. The molecule has 0 saturated carbocycles. The standard InChI is InChI=1S/C21H25NO2S/c1-21(2,22-12-14-24-15-13-22)20(23)18-8-10-19(11-9-18)25-16-17-6-4-3-5-7-17/h3-11H,12-16H2,1-2H3. The van der Waals surface area contributed by atoms with Crippen molar-refractivity contribution >= 4 is 17.5 Å². The van der Waals surface area contributed by atoms with E-state index >= 15 is 0 Å². The van der Waals surface area contributed by atoms with E-state index in [9.17, 15) is 4.79 Å². The molecule has 0 amide bonds. The molecule has 0 N–H and O–H groups in total. The third kappa shape index (κ3) is 4.51. The van der Waals surface area contributed by atoms with E-state index in [2.05, 4.69) is 41.3 Å². The molecule has 2 aromatic rings. The van der Waals surface area contributed by atoms with Crippen LogP contribution in [0, 0.1) is 0 Å². The largest absolute Gasteiger partial charge is 0.379 e. The van der Waals surface area contributed by atoms with Gasteiger partial charge in [0.2, 0.25) is 0 Å². The molecule has 0 radical (unpaired) electrons. The average Bonchev–Trinajstić information content (AvgIpc) is 2.68. The molecule has 1 saturated heterocycles. The summed E-state index contributed by atoms with van der Waals surface area (Å²) in [7, 11) is 0. The SMILES string of the molecule is CC(C)(C(=O)c1ccc(SCc2ccccc2)cc1)N1CCOCC1. The van der Waals surface area contributed by atoms with Crippen molar-refractivity contribution in [3.8, 4) is 0 Å². The van der Waals surface area contributed by atoms with Gasteiger partial charge in [-0.05, 0) is 31.5 Å². The molecule has 4 heteroatoms. The Bertz CT molecular complexity index is 692. The lowest BCUT2D eigenvalue weighted by Crippen LogP contribution is -2.54. The summed E-state index contributed by atoms with van der Waals surface area (Å²) < 4.78 is 5.40. The molecule has 3 nitrogen and oxygen atoms in total. The van der Waals surface area contributed by atoms with Crippen LogP contribution in [-0.2, 0) is 10.5 Å². The molecular weight excluding hydrogens is 330 g/mol. The minimum Gasteiger partial charge on any atom is -0.379 e. The predicted octanol–water partition coefficient (Wildman–Crippen LogP) is 4.27. The number of ether oxygens (including phenoxy) is 1. The summed E-state index contributed by atoms with van der Waals surface area (Å²) in [5, 5.41) is 0. The van der Waals surface area contributed by atoms with Gasteiger partial charge in [0.25, 0.3) is 0 Å². The second-order valence-corrected chi connectivity index (χ2v) is 7.83. The maximum atomic E-state index is 13.0. The Labute approximate surface area is 154 Å². The lowest BCUT2D eigenvalue weighted by Gasteiger charge is -2.39. The number of hydrogen-bond acceptors (Lipinski definition) is 4. The van der Waals surface area contributed by atoms with Gasteiger partial charge in [-0.3, -0.25) is 9.69 Å². The summed E-state index contributed by atoms with van der Waals surface area (Å²) in [4.78, 5) is 16.4. The highest BCUT2D eigenvalue weighted by Gasteiger charge is 2.35. The number of rotatable bonds is 6. The predicted molar refractivity (Wildman–Crippen MR) is 103 cm³/mol. The fourth-order valence-electron chi connectivity index (χ4n) is 3.06. The summed E-state index contributed by atoms with van der Waals surface area (Å²) in [5.74, 6) is 1.11. The van der Waals surface area contributed by atoms with Gasteiger partial charge in [-0.15, -0.1) is 11.8 Å². The number of nitrogens with zero attached hydrogens (tertiary/aromatic N) is 1. The molecular formula is C21H25NO2S. The van der Waals surface area contributed by atoms with Gasteiger partial charge in [0.05, 0.1) is 18.8 Å². The highest BCUT2D eigenvalue weighted by Crippen LogP contribution is 2.26. The van der Waals surface area contributed by atoms with Crippen LogP contribution < -0.4 is 0 Å². The van der Waals surface area contributed by atoms with Gasteiger partial charge >= 0.3 is 0 Å². The van der Waals surface area contributed by atoms with Gasteiger partial charge in [-0.25, -0.2) is 0 Å². The Morgan fingerprint density at radius 1 is 1.04 bits per heavy atom. The van der Waals surface area contributed by atoms with Crippen LogP contribution in [-0.4, -0.2) is 42.5 Å². The topological polar surface area (TPSA) is 29.5 Å². The van der Waals surface area contributed by atoms with Crippen molar-refractivity contribution < 1.29 is 9.53 Å². The molecule has 1 aliphatic rings. The first-order valence-electron chi connectivity index (χ1n) is 8.72. The van der Waals surface area contributed by atoms with Gasteiger partial charge in [0, 0.05) is 29.3 Å². The summed E-state index contributed by atoms with van der Waals surface area (Å²) in [6.07, 6.45) is 0. The van der Waals surface area contributed by atoms with Crippen molar-refractivity contribution in [2.75, 3.05) is 26.3 Å². The number of carbonyl (C=O) groups is 1. The van der Waals surface area contributed by atoms with E-state index in [-0.39, 0.29) is 5.78 Å². The molecule has 0 bridgehead atoms. The Morgan fingerprint density at radius 2 is 1.68 bits per heavy atom. The van der Waals surface area contributed by atoms with Crippen molar-refractivity contribution in [3.63, 3.8) is 0 Å². The molecule has 0 unspecified atom stereocenters. The highest BCUT2D eigenvalue weighted by atomic mass is 32.2. The van der Waals surface area contributed by atoms with Crippen LogP contribution in [0.5, 0.6) is 0 Å². The lowest BCUT2D eigenvalue weighted by atomic mass is 9.91. The third-order valence-corrected chi connectivity index (χ3v) is 5.81. The van der Waals surface area contributed by atoms with Gasteiger partial charge < -0.3 is 4.74 Å². The molecule has 0 atom stereocenters. The molecule has 1 heterocycles. The number of morpholine rings is 1. The van der Waals surface area contributed by atoms with E-state index in [1.54, 1.807) is 11.8 Å². The van der Waals surface area contributed by atoms with Crippen LogP contribution >= 0.6 is 11.8 Å². The monoisotopic (exact) mass is 355 g/mol. The summed E-state index contributed by atoms with van der Waals surface area (Å²) in [5.41, 5.74) is 1.59. The van der Waals surface area contributed by atoms with Gasteiger partial charge in [-0.1, -0.05) is 42.5 Å². The second kappa shape index (κ2) is 8.17. The Morgan fingerprint density at radius 3 is 2.32 bits per heavy atom. The number of hydrogen-bond donors (Lipinski definition) is 0. The lowest BCUT2D eigenvalue weighted by molar-refractivity contribution is -0.00430. The van der Waals surface area contributed by atoms with Crippen molar-refractivity contribution in [2.45, 2.75) is 30.0 Å². The van der Waals surface area contributed by atoms with Crippen LogP contribution in [0.3, 0.4) is 0 Å². The van der Waals surface area contributed by atoms with Crippen LogP contribution in [0.2, 0.25) is 0 Å². The van der Waals surface area contributed by atoms with Crippen molar-refractivity contribution in [1.82, 2.24) is 4.90 Å². The number of Topliss-reactive ketones (excluding diaryl/α,β-unsaturated/α-hetero) is 1. The maximum absolute atomic E-state index is 13.0. The number of carbonyl (C=O) groups excluding carboxylic acids is 1. The zero-order valence-electron chi connectivity index (χ0n) is 14.9. The van der Waals surface area contributed by atoms with Crippen molar-refractivity contribution in [2.24, 2.45) is 0 Å². The first-order valence-corrected chi connectivity index (χ1v) is 9.70. The molecule has 3 rings (SSSR count). The normalized spacial score (nSPS) is 15.9. The fourth-order valence-corrected chi connectivity index (χ4v) is 3.92. The highest BCUT2D eigenvalue weighted by molar-refractivity contribution is 7.98.